The molecule has 2 aromatic rings. The zero-order valence-electron chi connectivity index (χ0n) is 13.3. The first-order chi connectivity index (χ1) is 10.6. The number of ether oxygens (including phenoxy) is 2. The molecule has 0 spiro atoms. The summed E-state index contributed by atoms with van der Waals surface area (Å²) in [7, 11) is 1.70. The number of hydrogen-bond acceptors (Lipinski definition) is 3. The van der Waals surface area contributed by atoms with Crippen LogP contribution in [0.1, 0.15) is 22.3 Å². The highest BCUT2D eigenvalue weighted by Crippen LogP contribution is 2.39. The van der Waals surface area contributed by atoms with Gasteiger partial charge >= 0.3 is 0 Å². The molecule has 0 saturated carbocycles. The molecule has 0 saturated heterocycles. The van der Waals surface area contributed by atoms with Crippen LogP contribution in [0, 0.1) is 13.8 Å². The third kappa shape index (κ3) is 2.62. The summed E-state index contributed by atoms with van der Waals surface area (Å²) in [5.74, 6) is 0.985. The Morgan fingerprint density at radius 3 is 2.82 bits per heavy atom. The van der Waals surface area contributed by atoms with E-state index in [1.807, 2.05) is 12.1 Å². The molecular weight excluding hydrogens is 276 g/mol. The van der Waals surface area contributed by atoms with Crippen molar-refractivity contribution < 1.29 is 14.6 Å². The fourth-order valence-corrected chi connectivity index (χ4v) is 3.34. The van der Waals surface area contributed by atoms with Crippen LogP contribution in [0.5, 0.6) is 5.75 Å². The monoisotopic (exact) mass is 298 g/mol. The summed E-state index contributed by atoms with van der Waals surface area (Å²) >= 11 is 0. The maximum Gasteiger partial charge on any atom is 0.126 e. The van der Waals surface area contributed by atoms with Crippen molar-refractivity contribution >= 4 is 0 Å². The van der Waals surface area contributed by atoms with Crippen molar-refractivity contribution in [3.05, 3.63) is 52.6 Å². The number of aryl methyl sites for hydroxylation is 1. The van der Waals surface area contributed by atoms with Gasteiger partial charge in [-0.05, 0) is 53.8 Å². The van der Waals surface area contributed by atoms with Crippen molar-refractivity contribution in [2.45, 2.75) is 33.0 Å². The Morgan fingerprint density at radius 2 is 2.09 bits per heavy atom. The molecule has 1 aliphatic rings. The van der Waals surface area contributed by atoms with E-state index in [1.54, 1.807) is 7.11 Å². The van der Waals surface area contributed by atoms with Gasteiger partial charge in [0.2, 0.25) is 0 Å². The third-order valence-electron chi connectivity index (χ3n) is 4.34. The lowest BCUT2D eigenvalue weighted by Crippen LogP contribution is -2.19. The van der Waals surface area contributed by atoms with Gasteiger partial charge in [0.05, 0.1) is 13.2 Å². The summed E-state index contributed by atoms with van der Waals surface area (Å²) in [5, 5.41) is 9.36. The van der Waals surface area contributed by atoms with Crippen molar-refractivity contribution in [3.8, 4) is 16.9 Å². The lowest BCUT2D eigenvalue weighted by atomic mass is 9.90. The SMILES string of the molecule is COCC1Cc2c(cc(C)c(-c3cccc(CO)c3)c2C)O1. The van der Waals surface area contributed by atoms with E-state index in [9.17, 15) is 5.11 Å². The molecule has 22 heavy (non-hydrogen) atoms. The predicted octanol–water partition coefficient (Wildman–Crippen LogP) is 3.41. The molecule has 3 rings (SSSR count). The van der Waals surface area contributed by atoms with Gasteiger partial charge in [-0.3, -0.25) is 0 Å². The van der Waals surface area contributed by atoms with Gasteiger partial charge in [-0.2, -0.15) is 0 Å². The second kappa shape index (κ2) is 6.11. The molecule has 0 radical (unpaired) electrons. The Labute approximate surface area is 131 Å². The lowest BCUT2D eigenvalue weighted by molar-refractivity contribution is 0.0951. The Balaban J connectivity index is 2.05. The summed E-state index contributed by atoms with van der Waals surface area (Å²) < 4.78 is 11.2. The van der Waals surface area contributed by atoms with Crippen molar-refractivity contribution in [3.63, 3.8) is 0 Å². The highest BCUT2D eigenvalue weighted by Gasteiger charge is 2.26. The molecule has 1 N–H and O–H groups in total. The summed E-state index contributed by atoms with van der Waals surface area (Å²) in [4.78, 5) is 0. The summed E-state index contributed by atoms with van der Waals surface area (Å²) in [5.41, 5.74) is 7.07. The van der Waals surface area contributed by atoms with Crippen LogP contribution in [-0.2, 0) is 17.8 Å². The largest absolute Gasteiger partial charge is 0.487 e. The first-order valence-corrected chi connectivity index (χ1v) is 7.63. The fourth-order valence-electron chi connectivity index (χ4n) is 3.34. The van der Waals surface area contributed by atoms with Crippen LogP contribution < -0.4 is 4.74 Å². The molecule has 0 amide bonds. The molecule has 1 heterocycles. The van der Waals surface area contributed by atoms with Gasteiger partial charge in [0.1, 0.15) is 11.9 Å². The Morgan fingerprint density at radius 1 is 1.27 bits per heavy atom. The molecule has 0 aromatic heterocycles. The van der Waals surface area contributed by atoms with Gasteiger partial charge in [-0.15, -0.1) is 0 Å². The highest BCUT2D eigenvalue weighted by atomic mass is 16.5. The smallest absolute Gasteiger partial charge is 0.126 e. The molecule has 3 nitrogen and oxygen atoms in total. The average Bonchev–Trinajstić information content (AvgIpc) is 2.91. The molecule has 1 atom stereocenters. The molecule has 1 aliphatic heterocycles. The number of benzene rings is 2. The second-order valence-corrected chi connectivity index (χ2v) is 5.93. The summed E-state index contributed by atoms with van der Waals surface area (Å²) in [6, 6.07) is 10.2. The van der Waals surface area contributed by atoms with E-state index in [-0.39, 0.29) is 12.7 Å². The first-order valence-electron chi connectivity index (χ1n) is 7.63. The minimum absolute atomic E-state index is 0.0654. The number of fused-ring (bicyclic) bond motifs is 1. The van der Waals surface area contributed by atoms with Crippen LogP contribution in [0.3, 0.4) is 0 Å². The van der Waals surface area contributed by atoms with Gasteiger partial charge < -0.3 is 14.6 Å². The molecule has 0 bridgehead atoms. The van der Waals surface area contributed by atoms with Gasteiger partial charge in [-0.25, -0.2) is 0 Å². The molecule has 0 aliphatic carbocycles. The Hall–Kier alpha value is -1.84. The second-order valence-electron chi connectivity index (χ2n) is 5.93. The van der Waals surface area contributed by atoms with Crippen LogP contribution >= 0.6 is 0 Å². The third-order valence-corrected chi connectivity index (χ3v) is 4.34. The minimum Gasteiger partial charge on any atom is -0.487 e. The van der Waals surface area contributed by atoms with E-state index in [0.717, 1.165) is 23.3 Å². The highest BCUT2D eigenvalue weighted by molar-refractivity contribution is 5.74. The number of aliphatic hydroxyl groups excluding tert-OH is 1. The number of hydrogen-bond donors (Lipinski definition) is 1. The zero-order valence-corrected chi connectivity index (χ0v) is 13.3. The quantitative estimate of drug-likeness (QED) is 0.940. The standard InChI is InChI=1S/C19H22O3/c1-12-7-18-17(9-16(22-18)11-21-3)13(2)19(12)15-6-4-5-14(8-15)10-20/h4-8,16,20H,9-11H2,1-3H3. The maximum absolute atomic E-state index is 9.36. The number of methoxy groups -OCH3 is 1. The van der Waals surface area contributed by atoms with Gasteiger partial charge in [0.25, 0.3) is 0 Å². The fraction of sp³-hybridized carbons (Fsp3) is 0.368. The van der Waals surface area contributed by atoms with Crippen LogP contribution in [-0.4, -0.2) is 24.9 Å². The van der Waals surface area contributed by atoms with Crippen LogP contribution in [0.2, 0.25) is 0 Å². The topological polar surface area (TPSA) is 38.7 Å². The van der Waals surface area contributed by atoms with E-state index < -0.39 is 0 Å². The van der Waals surface area contributed by atoms with Crippen LogP contribution in [0.4, 0.5) is 0 Å². The molecule has 0 fully saturated rings. The first kappa shape index (κ1) is 15.1. The van der Waals surface area contributed by atoms with E-state index in [4.69, 9.17) is 9.47 Å². The van der Waals surface area contributed by atoms with Crippen molar-refractivity contribution in [2.24, 2.45) is 0 Å². The maximum atomic E-state index is 9.36. The molecule has 2 aromatic carbocycles. The molecule has 3 heteroatoms. The number of aliphatic hydroxyl groups is 1. The molecular formula is C19H22O3. The van der Waals surface area contributed by atoms with Gasteiger partial charge in [-0.1, -0.05) is 18.2 Å². The van der Waals surface area contributed by atoms with Gasteiger partial charge in [0, 0.05) is 19.1 Å². The predicted molar refractivity (Wildman–Crippen MR) is 87.3 cm³/mol. The van der Waals surface area contributed by atoms with Crippen LogP contribution in [0.15, 0.2) is 30.3 Å². The normalized spacial score (nSPS) is 16.5. The lowest BCUT2D eigenvalue weighted by Gasteiger charge is -2.14. The van der Waals surface area contributed by atoms with Crippen molar-refractivity contribution in [2.75, 3.05) is 13.7 Å². The van der Waals surface area contributed by atoms with Crippen molar-refractivity contribution in [1.29, 1.82) is 0 Å². The summed E-state index contributed by atoms with van der Waals surface area (Å²) in [6.07, 6.45) is 0.999. The zero-order chi connectivity index (χ0) is 15.7. The number of rotatable bonds is 4. The van der Waals surface area contributed by atoms with E-state index in [2.05, 4.69) is 32.0 Å². The van der Waals surface area contributed by atoms with E-state index in [1.165, 1.54) is 22.3 Å². The van der Waals surface area contributed by atoms with Crippen LogP contribution in [0.25, 0.3) is 11.1 Å². The average molecular weight is 298 g/mol. The molecule has 1 unspecified atom stereocenters. The van der Waals surface area contributed by atoms with Gasteiger partial charge in [0.15, 0.2) is 0 Å². The molecule has 116 valence electrons. The Kier molecular flexibility index (Phi) is 4.19. The minimum atomic E-state index is 0.0654. The van der Waals surface area contributed by atoms with Crippen molar-refractivity contribution in [1.82, 2.24) is 0 Å². The summed E-state index contributed by atoms with van der Waals surface area (Å²) in [6.45, 7) is 4.95. The van der Waals surface area contributed by atoms with E-state index in [0.29, 0.717) is 6.61 Å². The van der Waals surface area contributed by atoms with E-state index >= 15 is 0 Å². The Bertz CT molecular complexity index is 691.